The fourth-order valence-corrected chi connectivity index (χ4v) is 2.78. The molecule has 0 N–H and O–H groups in total. The van der Waals surface area contributed by atoms with Crippen LogP contribution in [0.3, 0.4) is 0 Å². The molecule has 0 saturated carbocycles. The van der Waals surface area contributed by atoms with Gasteiger partial charge < -0.3 is 13.6 Å². The first kappa shape index (κ1) is 15.6. The minimum Gasteiger partial charge on any atom is -0.461 e. The fraction of sp³-hybridized carbons (Fsp3) is 0.357. The van der Waals surface area contributed by atoms with E-state index in [1.807, 2.05) is 44.2 Å². The van der Waals surface area contributed by atoms with Crippen LogP contribution in [0.1, 0.15) is 19.4 Å². The Hall–Kier alpha value is -1.43. The first-order chi connectivity index (χ1) is 9.26. The molecule has 0 heterocycles. The number of carbonyl (C=O) groups is 1. The summed E-state index contributed by atoms with van der Waals surface area (Å²) in [5.41, 5.74) is 0.961. The molecule has 0 atom stereocenters. The van der Waals surface area contributed by atoms with Crippen LogP contribution in [-0.4, -0.2) is 34.7 Å². The Morgan fingerprint density at radius 3 is 2.37 bits per heavy atom. The maximum Gasteiger partial charge on any atom is 0.360 e. The van der Waals surface area contributed by atoms with Crippen LogP contribution in [0.5, 0.6) is 0 Å². The van der Waals surface area contributed by atoms with Crippen molar-refractivity contribution in [2.24, 2.45) is 0 Å². The zero-order valence-electron chi connectivity index (χ0n) is 11.4. The Morgan fingerprint density at radius 2 is 1.79 bits per heavy atom. The molecule has 0 aliphatic carbocycles. The lowest BCUT2D eigenvalue weighted by Crippen LogP contribution is -2.30. The maximum absolute atomic E-state index is 11.5. The van der Waals surface area contributed by atoms with E-state index in [4.69, 9.17) is 13.6 Å². The fourth-order valence-electron chi connectivity index (χ4n) is 1.44. The van der Waals surface area contributed by atoms with Crippen molar-refractivity contribution in [1.82, 2.24) is 0 Å². The van der Waals surface area contributed by atoms with Gasteiger partial charge in [0.05, 0.1) is 0 Å². The van der Waals surface area contributed by atoms with Gasteiger partial charge in [0, 0.05) is 19.3 Å². The van der Waals surface area contributed by atoms with Crippen molar-refractivity contribution < 1.29 is 18.4 Å². The molecule has 0 radical (unpaired) electrons. The molecule has 0 spiro atoms. The van der Waals surface area contributed by atoms with Crippen molar-refractivity contribution in [2.45, 2.75) is 13.8 Å². The lowest BCUT2D eigenvalue weighted by atomic mass is 10.2. The summed E-state index contributed by atoms with van der Waals surface area (Å²) in [6.07, 6.45) is 3.37. The van der Waals surface area contributed by atoms with Gasteiger partial charge in [0.15, 0.2) is 0 Å². The topological polar surface area (TPSA) is 44.8 Å². The Bertz CT molecular complexity index is 386. The Labute approximate surface area is 115 Å². The van der Waals surface area contributed by atoms with Crippen LogP contribution in [0, 0.1) is 0 Å². The van der Waals surface area contributed by atoms with Crippen molar-refractivity contribution in [3.63, 3.8) is 0 Å². The monoisotopic (exact) mass is 280 g/mol. The predicted octanol–water partition coefficient (Wildman–Crippen LogP) is 2.08. The molecule has 1 aromatic rings. The molecule has 1 rings (SSSR count). The quantitative estimate of drug-likeness (QED) is 0.415. The molecule has 19 heavy (non-hydrogen) atoms. The average molecular weight is 280 g/mol. The van der Waals surface area contributed by atoms with Crippen molar-refractivity contribution in [3.8, 4) is 0 Å². The Morgan fingerprint density at radius 1 is 1.16 bits per heavy atom. The Balaban J connectivity index is 2.36. The highest BCUT2D eigenvalue weighted by Crippen LogP contribution is 2.01. The van der Waals surface area contributed by atoms with Gasteiger partial charge in [-0.25, -0.2) is 4.79 Å². The van der Waals surface area contributed by atoms with E-state index in [0.29, 0.717) is 13.2 Å². The lowest BCUT2D eigenvalue weighted by molar-refractivity contribution is -0.136. The highest BCUT2D eigenvalue weighted by Gasteiger charge is 2.14. The van der Waals surface area contributed by atoms with Crippen molar-refractivity contribution in [3.05, 3.63) is 42.0 Å². The maximum atomic E-state index is 11.5. The number of esters is 1. The van der Waals surface area contributed by atoms with Crippen molar-refractivity contribution in [2.75, 3.05) is 19.4 Å². The van der Waals surface area contributed by atoms with Crippen LogP contribution >= 0.6 is 0 Å². The number of benzene rings is 1. The standard InChI is InChI=1S/C14H20O4Si/c1-3-17-19(18-4-2)12-16-14(15)11-10-13-8-6-5-7-9-13/h5-11,19H,3-4,12H2,1-2H3. The van der Waals surface area contributed by atoms with E-state index in [2.05, 4.69) is 0 Å². The summed E-state index contributed by atoms with van der Waals surface area (Å²) in [6.45, 7) is 4.95. The van der Waals surface area contributed by atoms with Crippen LogP contribution in [0.25, 0.3) is 6.08 Å². The van der Waals surface area contributed by atoms with E-state index in [1.54, 1.807) is 6.08 Å². The molecule has 104 valence electrons. The van der Waals surface area contributed by atoms with Gasteiger partial charge >= 0.3 is 15.3 Å². The van der Waals surface area contributed by atoms with E-state index in [1.165, 1.54) is 6.08 Å². The SMILES string of the molecule is CCO[SiH](COC(=O)C=Cc1ccccc1)OCC. The zero-order chi connectivity index (χ0) is 13.9. The summed E-state index contributed by atoms with van der Waals surface area (Å²) in [7, 11) is -1.87. The molecular formula is C14H20O4Si. The second kappa shape index (κ2) is 9.49. The van der Waals surface area contributed by atoms with Crippen LogP contribution in [-0.2, 0) is 18.4 Å². The predicted molar refractivity (Wildman–Crippen MR) is 76.8 cm³/mol. The first-order valence-corrected chi connectivity index (χ1v) is 8.15. The van der Waals surface area contributed by atoms with Crippen LogP contribution in [0.4, 0.5) is 0 Å². The van der Waals surface area contributed by atoms with Crippen LogP contribution in [0.2, 0.25) is 0 Å². The first-order valence-electron chi connectivity index (χ1n) is 6.39. The van der Waals surface area contributed by atoms with Gasteiger partial charge in [-0.2, -0.15) is 0 Å². The van der Waals surface area contributed by atoms with Crippen molar-refractivity contribution >= 4 is 21.3 Å². The Kier molecular flexibility index (Phi) is 7.80. The summed E-state index contributed by atoms with van der Waals surface area (Å²) in [4.78, 5) is 11.5. The lowest BCUT2D eigenvalue weighted by Gasteiger charge is -2.13. The van der Waals surface area contributed by atoms with E-state index in [9.17, 15) is 4.79 Å². The summed E-state index contributed by atoms with van der Waals surface area (Å²) < 4.78 is 15.9. The van der Waals surface area contributed by atoms with Crippen molar-refractivity contribution in [1.29, 1.82) is 0 Å². The second-order valence-electron chi connectivity index (χ2n) is 3.71. The number of hydrogen-bond acceptors (Lipinski definition) is 4. The molecule has 0 aliphatic heterocycles. The molecule has 4 nitrogen and oxygen atoms in total. The summed E-state index contributed by atoms with van der Waals surface area (Å²) in [5, 5.41) is 0. The molecule has 0 amide bonds. The van der Waals surface area contributed by atoms with Gasteiger partial charge in [-0.15, -0.1) is 0 Å². The minimum atomic E-state index is -1.87. The number of hydrogen-bond donors (Lipinski definition) is 0. The number of rotatable bonds is 8. The smallest absolute Gasteiger partial charge is 0.360 e. The van der Waals surface area contributed by atoms with E-state index in [0.717, 1.165) is 5.56 Å². The molecule has 0 aliphatic rings. The largest absolute Gasteiger partial charge is 0.461 e. The number of carbonyl (C=O) groups excluding carboxylic acids is 1. The van der Waals surface area contributed by atoms with Gasteiger partial charge in [0.2, 0.25) is 0 Å². The molecular weight excluding hydrogens is 260 g/mol. The molecule has 0 bridgehead atoms. The normalized spacial score (nSPS) is 11.1. The summed E-state index contributed by atoms with van der Waals surface area (Å²) in [5.74, 6) is -0.374. The van der Waals surface area contributed by atoms with Crippen LogP contribution < -0.4 is 0 Å². The summed E-state index contributed by atoms with van der Waals surface area (Å²) in [6, 6.07) is 9.59. The van der Waals surface area contributed by atoms with Crippen LogP contribution in [0.15, 0.2) is 36.4 Å². The van der Waals surface area contributed by atoms with Gasteiger partial charge in [0.25, 0.3) is 0 Å². The third-order valence-electron chi connectivity index (χ3n) is 2.28. The zero-order valence-corrected chi connectivity index (χ0v) is 12.5. The third kappa shape index (κ3) is 6.90. The third-order valence-corrected chi connectivity index (χ3v) is 4.13. The molecule has 0 unspecified atom stereocenters. The average Bonchev–Trinajstić information content (AvgIpc) is 2.44. The molecule has 0 saturated heterocycles. The van der Waals surface area contributed by atoms with E-state index >= 15 is 0 Å². The van der Waals surface area contributed by atoms with Gasteiger partial charge in [0.1, 0.15) is 6.23 Å². The van der Waals surface area contributed by atoms with Gasteiger partial charge in [-0.1, -0.05) is 30.3 Å². The molecule has 0 aromatic heterocycles. The highest BCUT2D eigenvalue weighted by molar-refractivity contribution is 6.44. The van der Waals surface area contributed by atoms with E-state index < -0.39 is 9.28 Å². The molecule has 5 heteroatoms. The minimum absolute atomic E-state index is 0.236. The van der Waals surface area contributed by atoms with Gasteiger partial charge in [-0.05, 0) is 25.5 Å². The molecule has 1 aromatic carbocycles. The second-order valence-corrected chi connectivity index (χ2v) is 5.57. The number of ether oxygens (including phenoxy) is 1. The molecule has 0 fully saturated rings. The van der Waals surface area contributed by atoms with E-state index in [-0.39, 0.29) is 12.2 Å². The highest BCUT2D eigenvalue weighted by atomic mass is 28.3. The summed E-state index contributed by atoms with van der Waals surface area (Å²) >= 11 is 0. The van der Waals surface area contributed by atoms with Gasteiger partial charge in [-0.3, -0.25) is 0 Å².